The number of aliphatic hydroxyl groups is 1. The van der Waals surface area contributed by atoms with Gasteiger partial charge in [0.25, 0.3) is 0 Å². The number of rotatable bonds is 10. The quantitative estimate of drug-likeness (QED) is 0.393. The molecular weight excluding hydrogens is 210 g/mol. The van der Waals surface area contributed by atoms with Crippen LogP contribution in [0.25, 0.3) is 0 Å². The summed E-state index contributed by atoms with van der Waals surface area (Å²) in [5, 5.41) is 11.1. The van der Waals surface area contributed by atoms with E-state index in [1.165, 1.54) is 0 Å². The first-order valence-electron chi connectivity index (χ1n) is 5.27. The van der Waals surface area contributed by atoms with Gasteiger partial charge in [0.05, 0.1) is 33.0 Å². The standard InChI is InChI=1S/C11H19NO4/c1-2-3-4-11(14)12-5-7-15-9-10-16-8-6-13/h1,13H,3-10H2,(H,12,14). The van der Waals surface area contributed by atoms with Gasteiger partial charge in [-0.05, 0) is 0 Å². The summed E-state index contributed by atoms with van der Waals surface area (Å²) in [7, 11) is 0. The summed E-state index contributed by atoms with van der Waals surface area (Å²) in [6, 6.07) is 0. The molecule has 0 saturated carbocycles. The van der Waals surface area contributed by atoms with E-state index in [-0.39, 0.29) is 12.5 Å². The zero-order valence-electron chi connectivity index (χ0n) is 9.41. The van der Waals surface area contributed by atoms with Gasteiger partial charge < -0.3 is 19.9 Å². The first-order valence-corrected chi connectivity index (χ1v) is 5.27. The third-order valence-corrected chi connectivity index (χ3v) is 1.67. The Labute approximate surface area is 96.1 Å². The van der Waals surface area contributed by atoms with Gasteiger partial charge in [0.2, 0.25) is 5.91 Å². The number of nitrogens with one attached hydrogen (secondary N) is 1. The predicted molar refractivity (Wildman–Crippen MR) is 59.8 cm³/mol. The Hall–Kier alpha value is -1.09. The van der Waals surface area contributed by atoms with Crippen molar-refractivity contribution in [2.75, 3.05) is 39.6 Å². The molecule has 92 valence electrons. The average molecular weight is 229 g/mol. The Morgan fingerprint density at radius 2 is 1.94 bits per heavy atom. The van der Waals surface area contributed by atoms with Crippen molar-refractivity contribution in [3.05, 3.63) is 0 Å². The maximum absolute atomic E-state index is 11.1. The molecule has 0 rings (SSSR count). The van der Waals surface area contributed by atoms with Gasteiger partial charge in [-0.15, -0.1) is 12.3 Å². The first kappa shape index (κ1) is 14.9. The van der Waals surface area contributed by atoms with Crippen molar-refractivity contribution < 1.29 is 19.4 Å². The van der Waals surface area contributed by atoms with Gasteiger partial charge in [-0.2, -0.15) is 0 Å². The summed E-state index contributed by atoms with van der Waals surface area (Å²) in [6.07, 6.45) is 5.84. The van der Waals surface area contributed by atoms with Crippen LogP contribution in [-0.2, 0) is 14.3 Å². The second kappa shape index (κ2) is 12.0. The molecule has 16 heavy (non-hydrogen) atoms. The van der Waals surface area contributed by atoms with Crippen LogP contribution in [0.3, 0.4) is 0 Å². The minimum absolute atomic E-state index is 0.0191. The van der Waals surface area contributed by atoms with Crippen LogP contribution in [0, 0.1) is 12.3 Å². The number of hydrogen-bond donors (Lipinski definition) is 2. The summed E-state index contributed by atoms with van der Waals surface area (Å²) >= 11 is 0. The third-order valence-electron chi connectivity index (χ3n) is 1.67. The lowest BCUT2D eigenvalue weighted by atomic mass is 10.3. The van der Waals surface area contributed by atoms with Crippen molar-refractivity contribution in [2.45, 2.75) is 12.8 Å². The van der Waals surface area contributed by atoms with E-state index >= 15 is 0 Å². The molecule has 0 aliphatic rings. The lowest BCUT2D eigenvalue weighted by Crippen LogP contribution is -2.27. The second-order valence-corrected chi connectivity index (χ2v) is 3.00. The van der Waals surface area contributed by atoms with Crippen LogP contribution in [0.5, 0.6) is 0 Å². The molecule has 0 fully saturated rings. The van der Waals surface area contributed by atoms with Gasteiger partial charge >= 0.3 is 0 Å². The van der Waals surface area contributed by atoms with Crippen LogP contribution < -0.4 is 5.32 Å². The highest BCUT2D eigenvalue weighted by Gasteiger charge is 1.98. The monoisotopic (exact) mass is 229 g/mol. The maximum Gasteiger partial charge on any atom is 0.221 e. The van der Waals surface area contributed by atoms with Gasteiger partial charge in [0.1, 0.15) is 0 Å². The largest absolute Gasteiger partial charge is 0.394 e. The fraction of sp³-hybridized carbons (Fsp3) is 0.727. The van der Waals surface area contributed by atoms with E-state index in [4.69, 9.17) is 21.0 Å². The Kier molecular flexibility index (Phi) is 11.2. The van der Waals surface area contributed by atoms with E-state index in [2.05, 4.69) is 11.2 Å². The number of terminal acetylenes is 1. The van der Waals surface area contributed by atoms with Gasteiger partial charge in [-0.3, -0.25) is 4.79 Å². The van der Waals surface area contributed by atoms with Crippen molar-refractivity contribution in [1.29, 1.82) is 0 Å². The van der Waals surface area contributed by atoms with Gasteiger partial charge in [-0.1, -0.05) is 0 Å². The van der Waals surface area contributed by atoms with Gasteiger partial charge in [0.15, 0.2) is 0 Å². The van der Waals surface area contributed by atoms with E-state index in [1.54, 1.807) is 0 Å². The molecule has 0 saturated heterocycles. The van der Waals surface area contributed by atoms with Gasteiger partial charge in [0, 0.05) is 19.4 Å². The molecule has 0 bridgehead atoms. The number of carbonyl (C=O) groups excluding carboxylic acids is 1. The Bertz CT molecular complexity index is 213. The minimum Gasteiger partial charge on any atom is -0.394 e. The molecule has 0 aromatic heterocycles. The van der Waals surface area contributed by atoms with E-state index in [0.717, 1.165) is 0 Å². The van der Waals surface area contributed by atoms with Crippen LogP contribution in [0.1, 0.15) is 12.8 Å². The predicted octanol–water partition coefficient (Wildman–Crippen LogP) is -0.458. The van der Waals surface area contributed by atoms with Crippen LogP contribution in [0.2, 0.25) is 0 Å². The van der Waals surface area contributed by atoms with Gasteiger partial charge in [-0.25, -0.2) is 0 Å². The number of carbonyl (C=O) groups is 1. The number of hydrogen-bond acceptors (Lipinski definition) is 4. The summed E-state index contributed by atoms with van der Waals surface area (Å²) in [5.41, 5.74) is 0. The average Bonchev–Trinajstić information content (AvgIpc) is 2.30. The zero-order valence-corrected chi connectivity index (χ0v) is 9.41. The van der Waals surface area contributed by atoms with Crippen molar-refractivity contribution in [3.63, 3.8) is 0 Å². The maximum atomic E-state index is 11.1. The molecule has 0 aromatic carbocycles. The number of amides is 1. The highest BCUT2D eigenvalue weighted by atomic mass is 16.5. The molecule has 0 aromatic rings. The van der Waals surface area contributed by atoms with Crippen LogP contribution in [-0.4, -0.2) is 50.6 Å². The molecule has 5 heteroatoms. The Balaban J connectivity index is 3.09. The molecule has 0 radical (unpaired) electrons. The Morgan fingerprint density at radius 3 is 2.56 bits per heavy atom. The third kappa shape index (κ3) is 11.0. The van der Waals surface area contributed by atoms with Crippen LogP contribution in [0.4, 0.5) is 0 Å². The normalized spacial score (nSPS) is 9.75. The Morgan fingerprint density at radius 1 is 1.25 bits per heavy atom. The molecule has 1 amide bonds. The van der Waals surface area contributed by atoms with E-state index in [0.29, 0.717) is 45.8 Å². The van der Waals surface area contributed by atoms with E-state index in [1.807, 2.05) is 0 Å². The van der Waals surface area contributed by atoms with Crippen LogP contribution in [0.15, 0.2) is 0 Å². The number of ether oxygens (including phenoxy) is 2. The summed E-state index contributed by atoms with van der Waals surface area (Å²) in [4.78, 5) is 11.1. The molecule has 0 unspecified atom stereocenters. The second-order valence-electron chi connectivity index (χ2n) is 3.00. The topological polar surface area (TPSA) is 67.8 Å². The van der Waals surface area contributed by atoms with Crippen molar-refractivity contribution in [3.8, 4) is 12.3 Å². The SMILES string of the molecule is C#CCCC(=O)NCCOCCOCCO. The lowest BCUT2D eigenvalue weighted by molar-refractivity contribution is -0.121. The molecule has 0 spiro atoms. The molecule has 0 aliphatic carbocycles. The van der Waals surface area contributed by atoms with E-state index < -0.39 is 0 Å². The highest BCUT2D eigenvalue weighted by Crippen LogP contribution is 1.85. The van der Waals surface area contributed by atoms with Crippen LogP contribution >= 0.6 is 0 Å². The molecule has 0 atom stereocenters. The first-order chi connectivity index (χ1) is 7.81. The summed E-state index contributed by atoms with van der Waals surface area (Å²) in [6.45, 7) is 2.18. The fourth-order valence-electron chi connectivity index (χ4n) is 0.923. The molecule has 0 heterocycles. The van der Waals surface area contributed by atoms with E-state index in [9.17, 15) is 4.79 Å². The number of aliphatic hydroxyl groups excluding tert-OH is 1. The zero-order chi connectivity index (χ0) is 12.1. The fourth-order valence-corrected chi connectivity index (χ4v) is 0.923. The summed E-state index contributed by atoms with van der Waals surface area (Å²) in [5.74, 6) is 2.34. The van der Waals surface area contributed by atoms with Crippen molar-refractivity contribution in [1.82, 2.24) is 5.32 Å². The summed E-state index contributed by atoms with van der Waals surface area (Å²) < 4.78 is 10.2. The molecular formula is C11H19NO4. The smallest absolute Gasteiger partial charge is 0.221 e. The highest BCUT2D eigenvalue weighted by molar-refractivity contribution is 5.76. The molecule has 5 nitrogen and oxygen atoms in total. The lowest BCUT2D eigenvalue weighted by Gasteiger charge is -2.06. The van der Waals surface area contributed by atoms with Crippen molar-refractivity contribution >= 4 is 5.91 Å². The minimum atomic E-state index is -0.0573. The molecule has 0 aliphatic heterocycles. The molecule has 2 N–H and O–H groups in total. The van der Waals surface area contributed by atoms with Crippen molar-refractivity contribution in [2.24, 2.45) is 0 Å².